The SMILES string of the molecule is O=C(N[C@@H]1CCCC[C@H]1O)c1cc(-c2ccccc2)c(=O)n2ccc3ccsc3c12. The van der Waals surface area contributed by atoms with Gasteiger partial charge >= 0.3 is 0 Å². The molecule has 1 aliphatic carbocycles. The number of aliphatic hydroxyl groups excluding tert-OH is 1. The minimum Gasteiger partial charge on any atom is -0.391 e. The molecule has 0 aliphatic heterocycles. The van der Waals surface area contributed by atoms with Crippen LogP contribution in [-0.4, -0.2) is 27.6 Å². The van der Waals surface area contributed by atoms with Gasteiger partial charge in [-0.05, 0) is 47.4 Å². The first-order chi connectivity index (χ1) is 14.6. The van der Waals surface area contributed by atoms with Gasteiger partial charge in [0.25, 0.3) is 11.5 Å². The Bertz CT molecular complexity index is 1290. The van der Waals surface area contributed by atoms with E-state index < -0.39 is 6.10 Å². The van der Waals surface area contributed by atoms with E-state index in [4.69, 9.17) is 0 Å². The number of aromatic nitrogens is 1. The van der Waals surface area contributed by atoms with Crippen LogP contribution in [0.2, 0.25) is 0 Å². The van der Waals surface area contributed by atoms with E-state index in [1.165, 1.54) is 11.3 Å². The summed E-state index contributed by atoms with van der Waals surface area (Å²) < 4.78 is 2.48. The van der Waals surface area contributed by atoms with Crippen LogP contribution < -0.4 is 10.9 Å². The quantitative estimate of drug-likeness (QED) is 0.523. The van der Waals surface area contributed by atoms with Gasteiger partial charge in [0, 0.05) is 11.8 Å². The number of hydrogen-bond donors (Lipinski definition) is 2. The topological polar surface area (TPSA) is 70.8 Å². The number of carbonyl (C=O) groups is 1. The second-order valence-corrected chi connectivity index (χ2v) is 8.73. The highest BCUT2D eigenvalue weighted by atomic mass is 32.1. The lowest BCUT2D eigenvalue weighted by atomic mass is 9.92. The van der Waals surface area contributed by atoms with Gasteiger partial charge in [-0.15, -0.1) is 11.3 Å². The maximum absolute atomic E-state index is 13.4. The van der Waals surface area contributed by atoms with E-state index >= 15 is 0 Å². The number of pyridine rings is 2. The van der Waals surface area contributed by atoms with Gasteiger partial charge in [-0.1, -0.05) is 43.2 Å². The molecule has 6 heteroatoms. The first kappa shape index (κ1) is 19.0. The molecule has 4 aromatic rings. The highest BCUT2D eigenvalue weighted by Gasteiger charge is 2.26. The summed E-state index contributed by atoms with van der Waals surface area (Å²) in [6.07, 6.45) is 4.63. The molecule has 2 atom stereocenters. The number of carbonyl (C=O) groups excluding carboxylic acids is 1. The van der Waals surface area contributed by atoms with Crippen molar-refractivity contribution in [1.82, 2.24) is 9.72 Å². The second-order valence-electron chi connectivity index (χ2n) is 7.81. The fourth-order valence-electron chi connectivity index (χ4n) is 4.33. The van der Waals surface area contributed by atoms with Crippen LogP contribution in [0.25, 0.3) is 26.7 Å². The van der Waals surface area contributed by atoms with Crippen LogP contribution >= 0.6 is 11.3 Å². The Labute approximate surface area is 177 Å². The van der Waals surface area contributed by atoms with Crippen molar-refractivity contribution >= 4 is 32.8 Å². The zero-order valence-electron chi connectivity index (χ0n) is 16.4. The molecule has 0 unspecified atom stereocenters. The van der Waals surface area contributed by atoms with E-state index in [1.807, 2.05) is 47.8 Å². The van der Waals surface area contributed by atoms with Gasteiger partial charge in [0.05, 0.1) is 27.9 Å². The number of thiophene rings is 1. The van der Waals surface area contributed by atoms with Gasteiger partial charge in [0.2, 0.25) is 0 Å². The number of rotatable bonds is 3. The predicted octanol–water partition coefficient (Wildman–Crippen LogP) is 4.21. The summed E-state index contributed by atoms with van der Waals surface area (Å²) in [5.74, 6) is -0.253. The molecular weight excluding hydrogens is 396 g/mol. The van der Waals surface area contributed by atoms with E-state index in [-0.39, 0.29) is 17.5 Å². The van der Waals surface area contributed by atoms with Crippen LogP contribution in [0.15, 0.2) is 64.9 Å². The first-order valence-electron chi connectivity index (χ1n) is 10.2. The largest absolute Gasteiger partial charge is 0.391 e. The maximum atomic E-state index is 13.4. The molecule has 1 fully saturated rings. The number of amides is 1. The monoisotopic (exact) mass is 418 g/mol. The summed E-state index contributed by atoms with van der Waals surface area (Å²) in [6, 6.07) is 14.7. The molecule has 3 aromatic heterocycles. The van der Waals surface area contributed by atoms with E-state index in [9.17, 15) is 14.7 Å². The molecule has 1 aromatic carbocycles. The molecule has 0 radical (unpaired) electrons. The third-order valence-electron chi connectivity index (χ3n) is 5.92. The van der Waals surface area contributed by atoms with Crippen LogP contribution in [0, 0.1) is 0 Å². The van der Waals surface area contributed by atoms with E-state index in [2.05, 4.69) is 5.32 Å². The van der Waals surface area contributed by atoms with Crippen molar-refractivity contribution in [2.24, 2.45) is 0 Å². The van der Waals surface area contributed by atoms with Gasteiger partial charge in [0.1, 0.15) is 0 Å². The Morgan fingerprint density at radius 1 is 1.10 bits per heavy atom. The van der Waals surface area contributed by atoms with Crippen LogP contribution in [0.3, 0.4) is 0 Å². The molecule has 1 aliphatic rings. The summed E-state index contributed by atoms with van der Waals surface area (Å²) in [5.41, 5.74) is 2.18. The van der Waals surface area contributed by atoms with Gasteiger partial charge in [-0.2, -0.15) is 0 Å². The molecule has 152 valence electrons. The van der Waals surface area contributed by atoms with E-state index in [1.54, 1.807) is 16.7 Å². The number of nitrogens with zero attached hydrogens (tertiary/aromatic N) is 1. The van der Waals surface area contributed by atoms with Crippen molar-refractivity contribution in [2.75, 3.05) is 0 Å². The molecule has 3 heterocycles. The van der Waals surface area contributed by atoms with Crippen LogP contribution in [0.4, 0.5) is 0 Å². The predicted molar refractivity (Wildman–Crippen MR) is 120 cm³/mol. The Morgan fingerprint density at radius 2 is 1.90 bits per heavy atom. The van der Waals surface area contributed by atoms with Crippen molar-refractivity contribution < 1.29 is 9.90 Å². The second kappa shape index (κ2) is 7.70. The Morgan fingerprint density at radius 3 is 2.70 bits per heavy atom. The number of benzene rings is 1. The summed E-state index contributed by atoms with van der Waals surface area (Å²) in [4.78, 5) is 26.7. The maximum Gasteiger partial charge on any atom is 0.263 e. The molecule has 5 nitrogen and oxygen atoms in total. The molecule has 0 bridgehead atoms. The van der Waals surface area contributed by atoms with Crippen molar-refractivity contribution in [3.05, 3.63) is 76.0 Å². The number of nitrogens with one attached hydrogen (secondary N) is 1. The van der Waals surface area contributed by atoms with Crippen LogP contribution in [0.1, 0.15) is 36.0 Å². The van der Waals surface area contributed by atoms with Crippen LogP contribution in [-0.2, 0) is 0 Å². The van der Waals surface area contributed by atoms with Gasteiger partial charge in [-0.25, -0.2) is 0 Å². The van der Waals surface area contributed by atoms with E-state index in [0.29, 0.717) is 23.1 Å². The average Bonchev–Trinajstić information content (AvgIpc) is 3.25. The highest BCUT2D eigenvalue weighted by molar-refractivity contribution is 7.18. The molecular formula is C24H22N2O3S. The van der Waals surface area contributed by atoms with Gasteiger partial charge < -0.3 is 10.4 Å². The minimum atomic E-state index is -0.532. The van der Waals surface area contributed by atoms with Crippen molar-refractivity contribution in [2.45, 2.75) is 37.8 Å². The molecule has 1 saturated carbocycles. The fraction of sp³-hybridized carbons (Fsp3) is 0.250. The number of fused-ring (bicyclic) bond motifs is 3. The zero-order valence-corrected chi connectivity index (χ0v) is 17.2. The normalized spacial score (nSPS) is 19.2. The molecule has 0 saturated heterocycles. The Kier molecular flexibility index (Phi) is 4.89. The summed E-state index contributed by atoms with van der Waals surface area (Å²) in [5, 5.41) is 16.3. The van der Waals surface area contributed by atoms with Gasteiger partial charge in [-0.3, -0.25) is 14.0 Å². The Balaban J connectivity index is 1.72. The third-order valence-corrected chi connectivity index (χ3v) is 6.86. The molecule has 0 spiro atoms. The van der Waals surface area contributed by atoms with Crippen molar-refractivity contribution in [3.8, 4) is 11.1 Å². The number of hydrogen-bond acceptors (Lipinski definition) is 4. The standard InChI is InChI=1S/C24H22N2O3S/c27-20-9-5-4-8-19(20)25-23(28)18-14-17(15-6-2-1-3-7-15)24(29)26-12-10-16-11-13-30-22(16)21(18)26/h1-3,6-7,10-14,19-20,27H,4-5,8-9H2,(H,25,28)/t19-,20-/m1/s1. The molecule has 1 amide bonds. The van der Waals surface area contributed by atoms with Crippen LogP contribution in [0.5, 0.6) is 0 Å². The summed E-state index contributed by atoms with van der Waals surface area (Å²) in [6.45, 7) is 0. The van der Waals surface area contributed by atoms with E-state index in [0.717, 1.165) is 34.9 Å². The smallest absolute Gasteiger partial charge is 0.263 e. The minimum absolute atomic E-state index is 0.152. The lowest BCUT2D eigenvalue weighted by Gasteiger charge is -2.28. The first-order valence-corrected chi connectivity index (χ1v) is 11.1. The third kappa shape index (κ3) is 3.22. The molecule has 30 heavy (non-hydrogen) atoms. The zero-order chi connectivity index (χ0) is 20.7. The Hall–Kier alpha value is -2.96. The van der Waals surface area contributed by atoms with Crippen molar-refractivity contribution in [3.63, 3.8) is 0 Å². The highest BCUT2D eigenvalue weighted by Crippen LogP contribution is 2.30. The number of aliphatic hydroxyl groups is 1. The fourth-order valence-corrected chi connectivity index (χ4v) is 5.27. The molecule has 2 N–H and O–H groups in total. The lowest BCUT2D eigenvalue weighted by molar-refractivity contribution is 0.0718. The summed E-state index contributed by atoms with van der Waals surface area (Å²) >= 11 is 1.52. The van der Waals surface area contributed by atoms with Gasteiger partial charge in [0.15, 0.2) is 0 Å². The molecule has 5 rings (SSSR count). The lowest BCUT2D eigenvalue weighted by Crippen LogP contribution is -2.45. The average molecular weight is 419 g/mol. The van der Waals surface area contributed by atoms with Crippen molar-refractivity contribution in [1.29, 1.82) is 0 Å². The summed E-state index contributed by atoms with van der Waals surface area (Å²) in [7, 11) is 0.